The van der Waals surface area contributed by atoms with Gasteiger partial charge in [0.2, 0.25) is 11.8 Å². The van der Waals surface area contributed by atoms with E-state index in [-0.39, 0.29) is 24.1 Å². The molecule has 4 fully saturated rings. The third-order valence-electron chi connectivity index (χ3n) is 6.78. The largest absolute Gasteiger partial charge is 0.322 e. The Kier molecular flexibility index (Phi) is 4.44. The number of imide groups is 1. The van der Waals surface area contributed by atoms with Gasteiger partial charge in [0.15, 0.2) is 0 Å². The van der Waals surface area contributed by atoms with Crippen LogP contribution in [-0.2, 0) is 22.7 Å². The van der Waals surface area contributed by atoms with E-state index in [1.54, 1.807) is 4.90 Å². The molecule has 5 aliphatic rings. The molecule has 4 aliphatic heterocycles. The number of rotatable bonds is 4. The van der Waals surface area contributed by atoms with Crippen LogP contribution >= 0.6 is 0 Å². The molecule has 148 valence electrons. The highest BCUT2D eigenvalue weighted by atomic mass is 16.2. The quantitative estimate of drug-likeness (QED) is 0.666. The SMILES string of the molecule is O=C1CCC(N2Cc3cc(CNC4CC5CCC4NC5)ccc3C2=O)C(=O)N1. The monoisotopic (exact) mass is 382 g/mol. The van der Waals surface area contributed by atoms with Crippen LogP contribution in [0.2, 0.25) is 0 Å². The van der Waals surface area contributed by atoms with Crippen LogP contribution in [0.5, 0.6) is 0 Å². The van der Waals surface area contributed by atoms with Crippen molar-refractivity contribution in [3.8, 4) is 0 Å². The molecule has 3 N–H and O–H groups in total. The van der Waals surface area contributed by atoms with Gasteiger partial charge in [-0.1, -0.05) is 12.1 Å². The van der Waals surface area contributed by atoms with Crippen molar-refractivity contribution in [1.29, 1.82) is 0 Å². The second-order valence-electron chi connectivity index (χ2n) is 8.57. The van der Waals surface area contributed by atoms with E-state index in [0.29, 0.717) is 30.6 Å². The van der Waals surface area contributed by atoms with Crippen LogP contribution in [0.15, 0.2) is 18.2 Å². The van der Waals surface area contributed by atoms with Crippen LogP contribution in [0.1, 0.15) is 53.6 Å². The number of benzene rings is 1. The summed E-state index contributed by atoms with van der Waals surface area (Å²) in [6.45, 7) is 2.37. The highest BCUT2D eigenvalue weighted by Gasteiger charge is 2.39. The fraction of sp³-hybridized carbons (Fsp3) is 0.571. The predicted molar refractivity (Wildman–Crippen MR) is 102 cm³/mol. The zero-order chi connectivity index (χ0) is 19.3. The molecule has 0 radical (unpaired) electrons. The van der Waals surface area contributed by atoms with Gasteiger partial charge in [0.25, 0.3) is 5.91 Å². The summed E-state index contributed by atoms with van der Waals surface area (Å²) >= 11 is 0. The van der Waals surface area contributed by atoms with Gasteiger partial charge in [-0.3, -0.25) is 19.7 Å². The van der Waals surface area contributed by atoms with Gasteiger partial charge < -0.3 is 15.5 Å². The van der Waals surface area contributed by atoms with Gasteiger partial charge in [0.1, 0.15) is 6.04 Å². The van der Waals surface area contributed by atoms with Crippen molar-refractivity contribution < 1.29 is 14.4 Å². The van der Waals surface area contributed by atoms with Crippen molar-refractivity contribution in [2.24, 2.45) is 5.92 Å². The van der Waals surface area contributed by atoms with E-state index in [0.717, 1.165) is 30.1 Å². The molecular weight excluding hydrogens is 356 g/mol. The van der Waals surface area contributed by atoms with Crippen LogP contribution in [0.3, 0.4) is 0 Å². The molecule has 3 amide bonds. The lowest BCUT2D eigenvalue weighted by molar-refractivity contribution is -0.136. The first-order chi connectivity index (χ1) is 13.6. The molecule has 1 aromatic rings. The number of nitrogens with zero attached hydrogens (tertiary/aromatic N) is 1. The number of hydrogen-bond acceptors (Lipinski definition) is 5. The average Bonchev–Trinajstić information content (AvgIpc) is 3.03. The van der Waals surface area contributed by atoms with Crippen LogP contribution in [-0.4, -0.2) is 47.3 Å². The van der Waals surface area contributed by atoms with Crippen molar-refractivity contribution in [2.45, 2.75) is 63.3 Å². The second-order valence-corrected chi connectivity index (χ2v) is 8.57. The Balaban J connectivity index is 1.25. The topological polar surface area (TPSA) is 90.5 Å². The molecule has 1 saturated carbocycles. The molecular formula is C21H26N4O3. The standard InChI is InChI=1S/C21H26N4O3/c26-19-6-5-18(20(27)24-19)25-11-14-7-12(1-3-15(14)21(25)28)9-23-17-8-13-2-4-16(17)22-10-13/h1,3,7,13,16-18,22-23H,2,4-6,8-11H2,(H,24,26,27). The third kappa shape index (κ3) is 3.12. The van der Waals surface area contributed by atoms with Crippen LogP contribution in [0.25, 0.3) is 0 Å². The van der Waals surface area contributed by atoms with Crippen molar-refractivity contribution in [1.82, 2.24) is 20.9 Å². The number of amides is 3. The zero-order valence-corrected chi connectivity index (χ0v) is 15.9. The summed E-state index contributed by atoms with van der Waals surface area (Å²) in [7, 11) is 0. The fourth-order valence-electron chi connectivity index (χ4n) is 5.22. The van der Waals surface area contributed by atoms with E-state index in [4.69, 9.17) is 0 Å². The number of piperidine rings is 3. The lowest BCUT2D eigenvalue weighted by Crippen LogP contribution is -2.58. The van der Waals surface area contributed by atoms with Gasteiger partial charge in [-0.15, -0.1) is 0 Å². The molecule has 4 atom stereocenters. The van der Waals surface area contributed by atoms with Gasteiger partial charge in [0, 0.05) is 37.2 Å². The third-order valence-corrected chi connectivity index (χ3v) is 6.78. The first kappa shape index (κ1) is 17.8. The summed E-state index contributed by atoms with van der Waals surface area (Å²) in [6, 6.07) is 6.51. The molecule has 28 heavy (non-hydrogen) atoms. The number of nitrogens with one attached hydrogen (secondary N) is 3. The van der Waals surface area contributed by atoms with Gasteiger partial charge >= 0.3 is 0 Å². The molecule has 0 aromatic heterocycles. The van der Waals surface area contributed by atoms with Crippen molar-refractivity contribution in [2.75, 3.05) is 6.54 Å². The summed E-state index contributed by atoms with van der Waals surface area (Å²) in [5, 5.41) is 9.67. The predicted octanol–water partition coefficient (Wildman–Crippen LogP) is 0.678. The second kappa shape index (κ2) is 6.97. The van der Waals surface area contributed by atoms with Gasteiger partial charge in [0.05, 0.1) is 0 Å². The summed E-state index contributed by atoms with van der Waals surface area (Å²) in [6.07, 6.45) is 4.51. The molecule has 7 heteroatoms. The summed E-state index contributed by atoms with van der Waals surface area (Å²) in [5.74, 6) is 0.0591. The fourth-order valence-corrected chi connectivity index (χ4v) is 5.22. The first-order valence-electron chi connectivity index (χ1n) is 10.3. The summed E-state index contributed by atoms with van der Waals surface area (Å²) < 4.78 is 0. The highest BCUT2D eigenvalue weighted by Crippen LogP contribution is 2.30. The average molecular weight is 382 g/mol. The lowest BCUT2D eigenvalue weighted by atomic mass is 9.78. The normalized spacial score (nSPS) is 31.9. The lowest BCUT2D eigenvalue weighted by Gasteiger charge is -2.43. The van der Waals surface area contributed by atoms with Gasteiger partial charge in [-0.05, 0) is 55.3 Å². The molecule has 6 rings (SSSR count). The smallest absolute Gasteiger partial charge is 0.255 e. The first-order valence-corrected chi connectivity index (χ1v) is 10.3. The summed E-state index contributed by atoms with van der Waals surface area (Å²) in [4.78, 5) is 37.9. The van der Waals surface area contributed by atoms with Crippen LogP contribution < -0.4 is 16.0 Å². The van der Waals surface area contributed by atoms with E-state index in [1.165, 1.54) is 19.3 Å². The molecule has 4 heterocycles. The van der Waals surface area contributed by atoms with Crippen LogP contribution in [0.4, 0.5) is 0 Å². The maximum atomic E-state index is 12.8. The maximum Gasteiger partial charge on any atom is 0.255 e. The minimum atomic E-state index is -0.553. The van der Waals surface area contributed by atoms with Crippen molar-refractivity contribution in [3.63, 3.8) is 0 Å². The van der Waals surface area contributed by atoms with Crippen LogP contribution in [0, 0.1) is 5.92 Å². The van der Waals surface area contributed by atoms with Crippen molar-refractivity contribution in [3.05, 3.63) is 34.9 Å². The Morgan fingerprint density at radius 3 is 2.75 bits per heavy atom. The van der Waals surface area contributed by atoms with Crippen molar-refractivity contribution >= 4 is 17.7 Å². The molecule has 1 aromatic carbocycles. The Morgan fingerprint density at radius 2 is 2.04 bits per heavy atom. The molecule has 4 unspecified atom stereocenters. The minimum Gasteiger partial charge on any atom is -0.322 e. The van der Waals surface area contributed by atoms with E-state index >= 15 is 0 Å². The number of hydrogen-bond donors (Lipinski definition) is 3. The summed E-state index contributed by atoms with van der Waals surface area (Å²) in [5.41, 5.74) is 2.81. The van der Waals surface area contributed by atoms with E-state index < -0.39 is 6.04 Å². The Bertz CT molecular complexity index is 831. The molecule has 3 saturated heterocycles. The molecule has 2 bridgehead atoms. The van der Waals surface area contributed by atoms with Gasteiger partial charge in [-0.2, -0.15) is 0 Å². The molecule has 0 spiro atoms. The minimum absolute atomic E-state index is 0.113. The highest BCUT2D eigenvalue weighted by molar-refractivity contribution is 6.05. The molecule has 1 aliphatic carbocycles. The Morgan fingerprint density at radius 1 is 1.14 bits per heavy atom. The van der Waals surface area contributed by atoms with E-state index in [1.807, 2.05) is 12.1 Å². The molecule has 7 nitrogen and oxygen atoms in total. The van der Waals surface area contributed by atoms with E-state index in [2.05, 4.69) is 22.0 Å². The maximum absolute atomic E-state index is 12.8. The Labute approximate surface area is 164 Å². The zero-order valence-electron chi connectivity index (χ0n) is 15.9. The number of carbonyl (C=O) groups excluding carboxylic acids is 3. The van der Waals surface area contributed by atoms with E-state index in [9.17, 15) is 14.4 Å². The number of carbonyl (C=O) groups is 3. The van der Waals surface area contributed by atoms with Gasteiger partial charge in [-0.25, -0.2) is 0 Å². The number of fused-ring (bicyclic) bond motifs is 4. The Hall–Kier alpha value is -2.25.